The van der Waals surface area contributed by atoms with Gasteiger partial charge in [-0.05, 0) is 30.0 Å². The molecule has 0 saturated carbocycles. The molecule has 4 N–H and O–H groups in total. The van der Waals surface area contributed by atoms with Gasteiger partial charge in [-0.15, -0.1) is 11.8 Å². The van der Waals surface area contributed by atoms with E-state index >= 15 is 0 Å². The summed E-state index contributed by atoms with van der Waals surface area (Å²) in [5, 5.41) is 5.26. The van der Waals surface area contributed by atoms with Crippen molar-refractivity contribution < 1.29 is 9.59 Å². The van der Waals surface area contributed by atoms with Crippen LogP contribution in [-0.4, -0.2) is 18.2 Å². The van der Waals surface area contributed by atoms with Crippen molar-refractivity contribution in [2.24, 2.45) is 5.73 Å². The molecule has 2 rings (SSSR count). The summed E-state index contributed by atoms with van der Waals surface area (Å²) in [6.07, 6.45) is 1.98. The Hall–Kier alpha value is -2.47. The SMILES string of the molecule is CSc1cccc(N[C@@H](C(=O)NC(N)=O)c2ccccc2)c1. The lowest BCUT2D eigenvalue weighted by molar-refractivity contribution is -0.120. The van der Waals surface area contributed by atoms with Gasteiger partial charge in [0.15, 0.2) is 0 Å². The van der Waals surface area contributed by atoms with Crippen LogP contribution in [0, 0.1) is 0 Å². The molecule has 0 aliphatic carbocycles. The Kier molecular flexibility index (Phi) is 5.43. The molecule has 3 amide bonds. The number of hydrogen-bond acceptors (Lipinski definition) is 4. The highest BCUT2D eigenvalue weighted by atomic mass is 32.2. The average Bonchev–Trinajstić information content (AvgIpc) is 2.53. The number of hydrogen-bond donors (Lipinski definition) is 3. The molecule has 0 radical (unpaired) electrons. The van der Waals surface area contributed by atoms with Crippen LogP contribution in [-0.2, 0) is 4.79 Å². The number of primary amides is 1. The quantitative estimate of drug-likeness (QED) is 0.741. The van der Waals surface area contributed by atoms with Crippen molar-refractivity contribution in [3.05, 3.63) is 60.2 Å². The molecular weight excluding hydrogens is 298 g/mol. The van der Waals surface area contributed by atoms with Crippen LogP contribution in [0.5, 0.6) is 0 Å². The Morgan fingerprint density at radius 3 is 2.45 bits per heavy atom. The van der Waals surface area contributed by atoms with Crippen LogP contribution in [0.15, 0.2) is 59.5 Å². The van der Waals surface area contributed by atoms with E-state index in [1.165, 1.54) is 0 Å². The number of carbonyl (C=O) groups excluding carboxylic acids is 2. The minimum atomic E-state index is -0.870. The Morgan fingerprint density at radius 1 is 1.09 bits per heavy atom. The number of nitrogens with one attached hydrogen (secondary N) is 2. The van der Waals surface area contributed by atoms with Crippen LogP contribution in [0.25, 0.3) is 0 Å². The van der Waals surface area contributed by atoms with Crippen LogP contribution in [0.2, 0.25) is 0 Å². The van der Waals surface area contributed by atoms with E-state index in [9.17, 15) is 9.59 Å². The summed E-state index contributed by atoms with van der Waals surface area (Å²) in [7, 11) is 0. The Bertz CT molecular complexity index is 661. The molecule has 114 valence electrons. The maximum atomic E-state index is 12.2. The standard InChI is InChI=1S/C16H17N3O2S/c1-22-13-9-5-8-12(10-13)18-14(15(20)19-16(17)21)11-6-3-2-4-7-11/h2-10,14,18H,1H3,(H3,17,19,20,21)/t14-/m1/s1. The topological polar surface area (TPSA) is 84.2 Å². The van der Waals surface area contributed by atoms with Gasteiger partial charge in [-0.2, -0.15) is 0 Å². The van der Waals surface area contributed by atoms with Crippen molar-refractivity contribution in [1.82, 2.24) is 5.32 Å². The van der Waals surface area contributed by atoms with Crippen molar-refractivity contribution in [1.29, 1.82) is 0 Å². The van der Waals surface area contributed by atoms with E-state index in [2.05, 4.69) is 10.6 Å². The molecule has 0 aliphatic heterocycles. The first-order valence-electron chi connectivity index (χ1n) is 6.66. The zero-order chi connectivity index (χ0) is 15.9. The van der Waals surface area contributed by atoms with Crippen molar-refractivity contribution in [2.45, 2.75) is 10.9 Å². The molecule has 0 fully saturated rings. The molecule has 0 heterocycles. The highest BCUT2D eigenvalue weighted by Crippen LogP contribution is 2.23. The predicted octanol–water partition coefficient (Wildman–Crippen LogP) is 2.76. The van der Waals surface area contributed by atoms with Crippen molar-refractivity contribution in [2.75, 3.05) is 11.6 Å². The highest BCUT2D eigenvalue weighted by molar-refractivity contribution is 7.98. The number of benzene rings is 2. The Labute approximate surface area is 133 Å². The Balaban J connectivity index is 2.28. The minimum Gasteiger partial charge on any atom is -0.370 e. The van der Waals surface area contributed by atoms with Crippen LogP contribution in [0.4, 0.5) is 10.5 Å². The van der Waals surface area contributed by atoms with Gasteiger partial charge in [0.05, 0.1) is 0 Å². The van der Waals surface area contributed by atoms with Crippen LogP contribution in [0.3, 0.4) is 0 Å². The lowest BCUT2D eigenvalue weighted by atomic mass is 10.1. The molecule has 5 nitrogen and oxygen atoms in total. The zero-order valence-corrected chi connectivity index (χ0v) is 12.9. The van der Waals surface area contributed by atoms with Gasteiger partial charge >= 0.3 is 6.03 Å². The highest BCUT2D eigenvalue weighted by Gasteiger charge is 2.21. The van der Waals surface area contributed by atoms with Crippen molar-refractivity contribution in [3.8, 4) is 0 Å². The normalized spacial score (nSPS) is 11.5. The number of amides is 3. The number of imide groups is 1. The second-order valence-electron chi connectivity index (χ2n) is 4.57. The maximum absolute atomic E-state index is 12.2. The third-order valence-corrected chi connectivity index (χ3v) is 3.75. The van der Waals surface area contributed by atoms with Crippen molar-refractivity contribution in [3.63, 3.8) is 0 Å². The van der Waals surface area contributed by atoms with Gasteiger partial charge in [0.1, 0.15) is 6.04 Å². The van der Waals surface area contributed by atoms with E-state index in [-0.39, 0.29) is 0 Å². The molecule has 0 bridgehead atoms. The summed E-state index contributed by atoms with van der Waals surface area (Å²) in [6.45, 7) is 0. The molecule has 2 aromatic rings. The van der Waals surface area contributed by atoms with Crippen molar-refractivity contribution >= 4 is 29.4 Å². The number of anilines is 1. The third kappa shape index (κ3) is 4.26. The fourth-order valence-corrected chi connectivity index (χ4v) is 2.48. The van der Waals surface area contributed by atoms with E-state index in [1.807, 2.05) is 60.9 Å². The first-order valence-corrected chi connectivity index (χ1v) is 7.88. The first kappa shape index (κ1) is 15.9. The van der Waals surface area contributed by atoms with Gasteiger partial charge < -0.3 is 11.1 Å². The summed E-state index contributed by atoms with van der Waals surface area (Å²) in [4.78, 5) is 24.3. The van der Waals surface area contributed by atoms with Crippen LogP contribution >= 0.6 is 11.8 Å². The molecular formula is C16H17N3O2S. The molecule has 1 atom stereocenters. The van der Waals surface area contributed by atoms with E-state index in [4.69, 9.17) is 5.73 Å². The van der Waals surface area contributed by atoms with E-state index in [1.54, 1.807) is 11.8 Å². The summed E-state index contributed by atoms with van der Waals surface area (Å²) in [6, 6.07) is 15.3. The largest absolute Gasteiger partial charge is 0.370 e. The lowest BCUT2D eigenvalue weighted by Crippen LogP contribution is -2.40. The van der Waals surface area contributed by atoms with Gasteiger partial charge in [-0.1, -0.05) is 36.4 Å². The molecule has 0 saturated heterocycles. The molecule has 0 spiro atoms. The summed E-state index contributed by atoms with van der Waals surface area (Å²) >= 11 is 1.61. The molecule has 22 heavy (non-hydrogen) atoms. The second kappa shape index (κ2) is 7.51. The first-order chi connectivity index (χ1) is 10.6. The van der Waals surface area contributed by atoms with Gasteiger partial charge in [-0.3, -0.25) is 10.1 Å². The molecule has 0 aliphatic rings. The van der Waals surface area contributed by atoms with E-state index in [0.717, 1.165) is 16.1 Å². The van der Waals surface area contributed by atoms with E-state index in [0.29, 0.717) is 0 Å². The molecule has 0 unspecified atom stereocenters. The van der Waals surface area contributed by atoms with Crippen LogP contribution < -0.4 is 16.4 Å². The number of thioether (sulfide) groups is 1. The molecule has 0 aromatic heterocycles. The number of carbonyl (C=O) groups is 2. The van der Waals surface area contributed by atoms with Gasteiger partial charge in [0.2, 0.25) is 0 Å². The van der Waals surface area contributed by atoms with Gasteiger partial charge in [0, 0.05) is 10.6 Å². The fourth-order valence-electron chi connectivity index (χ4n) is 2.02. The van der Waals surface area contributed by atoms with E-state index < -0.39 is 18.0 Å². The monoisotopic (exact) mass is 315 g/mol. The number of rotatable bonds is 5. The Morgan fingerprint density at radius 2 is 1.82 bits per heavy atom. The summed E-state index contributed by atoms with van der Waals surface area (Å²) in [5.74, 6) is -0.492. The summed E-state index contributed by atoms with van der Waals surface area (Å²) in [5.41, 5.74) is 6.58. The molecule has 6 heteroatoms. The third-order valence-electron chi connectivity index (χ3n) is 3.02. The fraction of sp³-hybridized carbons (Fsp3) is 0.125. The lowest BCUT2D eigenvalue weighted by Gasteiger charge is -2.19. The smallest absolute Gasteiger partial charge is 0.318 e. The summed E-state index contributed by atoms with van der Waals surface area (Å²) < 4.78 is 0. The zero-order valence-electron chi connectivity index (χ0n) is 12.1. The van der Waals surface area contributed by atoms with Gasteiger partial charge in [0.25, 0.3) is 5.91 Å². The van der Waals surface area contributed by atoms with Gasteiger partial charge in [-0.25, -0.2) is 4.79 Å². The number of urea groups is 1. The van der Waals surface area contributed by atoms with Crippen LogP contribution in [0.1, 0.15) is 11.6 Å². The second-order valence-corrected chi connectivity index (χ2v) is 5.45. The minimum absolute atomic E-state index is 0.492. The average molecular weight is 315 g/mol. The number of nitrogens with two attached hydrogens (primary N) is 1. The maximum Gasteiger partial charge on any atom is 0.318 e. The predicted molar refractivity (Wildman–Crippen MR) is 88.8 cm³/mol. The molecule has 2 aromatic carbocycles.